The zero-order valence-corrected chi connectivity index (χ0v) is 16.8. The summed E-state index contributed by atoms with van der Waals surface area (Å²) in [5.74, 6) is -0.485. The lowest BCUT2D eigenvalue weighted by atomic mass is 10.2. The molecule has 0 atom stereocenters. The third-order valence-corrected chi connectivity index (χ3v) is 3.98. The molecule has 0 aliphatic heterocycles. The molecule has 0 bridgehead atoms. The number of hydrogen-bond acceptors (Lipinski definition) is 4. The molecule has 0 aromatic heterocycles. The molecule has 2 rings (SSSR count). The summed E-state index contributed by atoms with van der Waals surface area (Å²) in [6.45, 7) is 4.81. The molecule has 27 heavy (non-hydrogen) atoms. The molecule has 0 heterocycles. The van der Waals surface area contributed by atoms with Crippen LogP contribution in [0.5, 0.6) is 5.75 Å². The van der Waals surface area contributed by atoms with Crippen LogP contribution in [0.3, 0.4) is 0 Å². The van der Waals surface area contributed by atoms with Crippen molar-refractivity contribution in [3.63, 3.8) is 0 Å². The van der Waals surface area contributed by atoms with Gasteiger partial charge in [-0.3, -0.25) is 9.59 Å². The number of carbonyl (C=O) groups is 2. The van der Waals surface area contributed by atoms with Gasteiger partial charge in [-0.15, -0.1) is 0 Å². The maximum atomic E-state index is 11.6. The summed E-state index contributed by atoms with van der Waals surface area (Å²) >= 11 is 3.40. The smallest absolute Gasteiger partial charge is 0.329 e. The molecule has 0 saturated carbocycles. The molecule has 0 spiro atoms. The van der Waals surface area contributed by atoms with Crippen LogP contribution >= 0.6 is 15.9 Å². The van der Waals surface area contributed by atoms with Gasteiger partial charge in [0.05, 0.1) is 6.21 Å². The van der Waals surface area contributed by atoms with E-state index in [4.69, 9.17) is 4.74 Å². The van der Waals surface area contributed by atoms with Crippen molar-refractivity contribution in [1.29, 1.82) is 0 Å². The molecule has 2 N–H and O–H groups in total. The molecule has 7 heteroatoms. The number of nitrogens with one attached hydrogen (secondary N) is 2. The van der Waals surface area contributed by atoms with Crippen LogP contribution in [0.2, 0.25) is 0 Å². The highest BCUT2D eigenvalue weighted by atomic mass is 79.9. The highest BCUT2D eigenvalue weighted by Crippen LogP contribution is 2.15. The first kappa shape index (κ1) is 20.6. The summed E-state index contributed by atoms with van der Waals surface area (Å²) in [5, 5.41) is 6.32. The Labute approximate surface area is 167 Å². The van der Waals surface area contributed by atoms with Gasteiger partial charge in [0.15, 0.2) is 0 Å². The Morgan fingerprint density at radius 2 is 1.74 bits per heavy atom. The minimum atomic E-state index is -0.790. The van der Waals surface area contributed by atoms with Gasteiger partial charge < -0.3 is 10.1 Å². The normalized spacial score (nSPS) is 10.8. The van der Waals surface area contributed by atoms with Gasteiger partial charge in [-0.1, -0.05) is 41.9 Å². The maximum absolute atomic E-state index is 11.6. The Balaban J connectivity index is 1.79. The average Bonchev–Trinajstić information content (AvgIpc) is 2.66. The van der Waals surface area contributed by atoms with Crippen molar-refractivity contribution in [3.05, 3.63) is 64.1 Å². The van der Waals surface area contributed by atoms with Crippen LogP contribution < -0.4 is 15.5 Å². The topological polar surface area (TPSA) is 79.8 Å². The van der Waals surface area contributed by atoms with Crippen LogP contribution in [0.4, 0.5) is 0 Å². The van der Waals surface area contributed by atoms with Gasteiger partial charge in [0.1, 0.15) is 12.4 Å². The standard InChI is InChI=1S/C20H22BrN3O3/c1-14(2)11-22-19(25)20(26)24-23-12-15-5-9-18(10-6-15)27-13-16-3-7-17(21)8-4-16/h3-10,12,14H,11,13H2,1-2H3,(H,22,25)(H,24,26)/b23-12-. The molecular weight excluding hydrogens is 410 g/mol. The molecule has 0 saturated heterocycles. The zero-order chi connectivity index (χ0) is 19.6. The number of halogens is 1. The second-order valence-corrected chi connectivity index (χ2v) is 7.20. The van der Waals surface area contributed by atoms with E-state index in [0.717, 1.165) is 21.3 Å². The van der Waals surface area contributed by atoms with E-state index in [1.807, 2.05) is 62.4 Å². The number of nitrogens with zero attached hydrogens (tertiary/aromatic N) is 1. The molecule has 0 unspecified atom stereocenters. The molecule has 2 amide bonds. The van der Waals surface area contributed by atoms with Crippen molar-refractivity contribution in [1.82, 2.24) is 10.7 Å². The van der Waals surface area contributed by atoms with Gasteiger partial charge in [-0.05, 0) is 53.4 Å². The van der Waals surface area contributed by atoms with E-state index in [-0.39, 0.29) is 5.92 Å². The van der Waals surface area contributed by atoms with Crippen molar-refractivity contribution >= 4 is 34.0 Å². The van der Waals surface area contributed by atoms with E-state index >= 15 is 0 Å². The second-order valence-electron chi connectivity index (χ2n) is 6.29. The van der Waals surface area contributed by atoms with Gasteiger partial charge in [-0.2, -0.15) is 5.10 Å². The molecule has 0 radical (unpaired) electrons. The van der Waals surface area contributed by atoms with Crippen molar-refractivity contribution in [2.24, 2.45) is 11.0 Å². The first-order valence-corrected chi connectivity index (χ1v) is 9.32. The quantitative estimate of drug-likeness (QED) is 0.401. The van der Waals surface area contributed by atoms with E-state index < -0.39 is 11.8 Å². The summed E-state index contributed by atoms with van der Waals surface area (Å²) in [6.07, 6.45) is 1.46. The fraction of sp³-hybridized carbons (Fsp3) is 0.250. The van der Waals surface area contributed by atoms with Gasteiger partial charge in [-0.25, -0.2) is 5.43 Å². The fourth-order valence-electron chi connectivity index (χ4n) is 1.99. The third-order valence-electron chi connectivity index (χ3n) is 3.46. The predicted octanol–water partition coefficient (Wildman–Crippen LogP) is 3.25. The number of hydrazone groups is 1. The first-order chi connectivity index (χ1) is 12.9. The zero-order valence-electron chi connectivity index (χ0n) is 15.2. The monoisotopic (exact) mass is 431 g/mol. The highest BCUT2D eigenvalue weighted by Gasteiger charge is 2.11. The van der Waals surface area contributed by atoms with Gasteiger partial charge in [0.2, 0.25) is 0 Å². The predicted molar refractivity (Wildman–Crippen MR) is 109 cm³/mol. The van der Waals surface area contributed by atoms with E-state index in [1.54, 1.807) is 0 Å². The van der Waals surface area contributed by atoms with Crippen molar-refractivity contribution < 1.29 is 14.3 Å². The van der Waals surface area contributed by atoms with Crippen molar-refractivity contribution in [2.45, 2.75) is 20.5 Å². The first-order valence-electron chi connectivity index (χ1n) is 8.52. The summed E-state index contributed by atoms with van der Waals surface area (Å²) in [5.41, 5.74) is 4.05. The summed E-state index contributed by atoms with van der Waals surface area (Å²) in [6, 6.07) is 15.2. The van der Waals surface area contributed by atoms with Crippen LogP contribution in [-0.4, -0.2) is 24.6 Å². The Morgan fingerprint density at radius 3 is 2.37 bits per heavy atom. The maximum Gasteiger partial charge on any atom is 0.329 e. The number of amides is 2. The fourth-order valence-corrected chi connectivity index (χ4v) is 2.26. The Kier molecular flexibility index (Phi) is 8.00. The lowest BCUT2D eigenvalue weighted by Crippen LogP contribution is -2.39. The van der Waals surface area contributed by atoms with Crippen LogP contribution in [0.1, 0.15) is 25.0 Å². The van der Waals surface area contributed by atoms with E-state index in [1.165, 1.54) is 6.21 Å². The Morgan fingerprint density at radius 1 is 1.07 bits per heavy atom. The lowest BCUT2D eigenvalue weighted by Gasteiger charge is -2.07. The molecule has 0 fully saturated rings. The number of benzene rings is 2. The van der Waals surface area contributed by atoms with E-state index in [0.29, 0.717) is 13.2 Å². The number of rotatable bonds is 7. The minimum absolute atomic E-state index is 0.273. The number of hydrogen-bond donors (Lipinski definition) is 2. The van der Waals surface area contributed by atoms with E-state index in [2.05, 4.69) is 31.8 Å². The Hall–Kier alpha value is -2.67. The van der Waals surface area contributed by atoms with E-state index in [9.17, 15) is 9.59 Å². The molecular formula is C20H22BrN3O3. The largest absolute Gasteiger partial charge is 0.489 e. The lowest BCUT2D eigenvalue weighted by molar-refractivity contribution is -0.139. The summed E-state index contributed by atoms with van der Waals surface area (Å²) in [7, 11) is 0. The number of ether oxygens (including phenoxy) is 1. The second kappa shape index (κ2) is 10.5. The van der Waals surface area contributed by atoms with Crippen LogP contribution in [0.25, 0.3) is 0 Å². The molecule has 0 aliphatic carbocycles. The average molecular weight is 432 g/mol. The summed E-state index contributed by atoms with van der Waals surface area (Å²) in [4.78, 5) is 23.1. The van der Waals surface area contributed by atoms with Gasteiger partial charge in [0.25, 0.3) is 0 Å². The molecule has 2 aromatic rings. The molecule has 6 nitrogen and oxygen atoms in total. The highest BCUT2D eigenvalue weighted by molar-refractivity contribution is 9.10. The van der Waals surface area contributed by atoms with Gasteiger partial charge in [0, 0.05) is 11.0 Å². The van der Waals surface area contributed by atoms with Crippen LogP contribution in [0.15, 0.2) is 58.1 Å². The third kappa shape index (κ3) is 7.62. The molecule has 0 aliphatic rings. The minimum Gasteiger partial charge on any atom is -0.489 e. The molecule has 2 aromatic carbocycles. The van der Waals surface area contributed by atoms with Crippen molar-refractivity contribution in [2.75, 3.05) is 6.54 Å². The summed E-state index contributed by atoms with van der Waals surface area (Å²) < 4.78 is 6.75. The van der Waals surface area contributed by atoms with Crippen LogP contribution in [-0.2, 0) is 16.2 Å². The SMILES string of the molecule is CC(C)CNC(=O)C(=O)N/N=C\c1ccc(OCc2ccc(Br)cc2)cc1. The molecule has 142 valence electrons. The van der Waals surface area contributed by atoms with Gasteiger partial charge >= 0.3 is 11.8 Å². The van der Waals surface area contributed by atoms with Crippen LogP contribution in [0, 0.1) is 5.92 Å². The number of carbonyl (C=O) groups excluding carboxylic acids is 2. The van der Waals surface area contributed by atoms with Crippen molar-refractivity contribution in [3.8, 4) is 5.75 Å². The Bertz CT molecular complexity index is 787.